The van der Waals surface area contributed by atoms with E-state index in [2.05, 4.69) is 4.72 Å². The Kier molecular flexibility index (Phi) is 4.21. The molecule has 1 atom stereocenters. The standard InChI is InChI=1S/C10H11ClN2O3S/c1-2-8(6-12)17(15,16)13-10-4-3-7(14)5-9(10)11/h3-5,8,13-14H,2H2,1H3. The van der Waals surface area contributed by atoms with Gasteiger partial charge in [-0.25, -0.2) is 8.42 Å². The van der Waals surface area contributed by atoms with Crippen LogP contribution in [-0.4, -0.2) is 18.8 Å². The molecule has 92 valence electrons. The van der Waals surface area contributed by atoms with E-state index < -0.39 is 15.3 Å². The largest absolute Gasteiger partial charge is 0.508 e. The van der Waals surface area contributed by atoms with E-state index in [1.807, 2.05) is 0 Å². The molecule has 0 radical (unpaired) electrons. The van der Waals surface area contributed by atoms with Crippen LogP contribution in [0.1, 0.15) is 13.3 Å². The SMILES string of the molecule is CCC(C#N)S(=O)(=O)Nc1ccc(O)cc1Cl. The van der Waals surface area contributed by atoms with Crippen molar-refractivity contribution < 1.29 is 13.5 Å². The molecule has 0 saturated carbocycles. The molecule has 0 aromatic heterocycles. The molecule has 0 amide bonds. The Morgan fingerprint density at radius 1 is 1.59 bits per heavy atom. The van der Waals surface area contributed by atoms with Gasteiger partial charge in [-0.15, -0.1) is 0 Å². The molecule has 0 aliphatic carbocycles. The Balaban J connectivity index is 3.03. The second-order valence-electron chi connectivity index (χ2n) is 3.34. The van der Waals surface area contributed by atoms with Crippen molar-refractivity contribution in [2.24, 2.45) is 0 Å². The second kappa shape index (κ2) is 5.25. The lowest BCUT2D eigenvalue weighted by Gasteiger charge is -2.12. The predicted molar refractivity (Wildman–Crippen MR) is 65.4 cm³/mol. The van der Waals surface area contributed by atoms with Gasteiger partial charge in [0.05, 0.1) is 16.8 Å². The van der Waals surface area contributed by atoms with Crippen LogP contribution in [0.3, 0.4) is 0 Å². The number of phenolic OH excluding ortho intramolecular Hbond substituents is 1. The molecule has 0 aliphatic heterocycles. The highest BCUT2D eigenvalue weighted by Gasteiger charge is 2.24. The molecule has 0 spiro atoms. The molecule has 17 heavy (non-hydrogen) atoms. The van der Waals surface area contributed by atoms with Crippen LogP contribution in [0.5, 0.6) is 5.75 Å². The summed E-state index contributed by atoms with van der Waals surface area (Å²) in [6.45, 7) is 1.60. The zero-order valence-electron chi connectivity index (χ0n) is 9.01. The quantitative estimate of drug-likeness (QED) is 0.823. The third kappa shape index (κ3) is 3.25. The molecule has 1 unspecified atom stereocenters. The lowest BCUT2D eigenvalue weighted by Crippen LogP contribution is -2.26. The molecule has 0 saturated heterocycles. The van der Waals surface area contributed by atoms with Crippen LogP contribution in [0, 0.1) is 11.3 Å². The average molecular weight is 275 g/mol. The number of benzene rings is 1. The topological polar surface area (TPSA) is 90.2 Å². The first-order valence-corrected chi connectivity index (χ1v) is 6.73. The van der Waals surface area contributed by atoms with E-state index in [1.165, 1.54) is 18.2 Å². The highest BCUT2D eigenvalue weighted by Crippen LogP contribution is 2.27. The van der Waals surface area contributed by atoms with E-state index in [1.54, 1.807) is 13.0 Å². The number of anilines is 1. The van der Waals surface area contributed by atoms with E-state index in [-0.39, 0.29) is 22.9 Å². The zero-order valence-corrected chi connectivity index (χ0v) is 10.6. The minimum absolute atomic E-state index is 0.0646. The molecular weight excluding hydrogens is 264 g/mol. The maximum absolute atomic E-state index is 11.7. The summed E-state index contributed by atoms with van der Waals surface area (Å²) in [6.07, 6.45) is 0.182. The summed E-state index contributed by atoms with van der Waals surface area (Å²) in [4.78, 5) is 0. The average Bonchev–Trinajstić information content (AvgIpc) is 2.23. The molecular formula is C10H11ClN2O3S. The monoisotopic (exact) mass is 274 g/mol. The predicted octanol–water partition coefficient (Wildman–Crippen LogP) is 2.09. The minimum atomic E-state index is -3.79. The Morgan fingerprint density at radius 2 is 2.24 bits per heavy atom. The zero-order chi connectivity index (χ0) is 13.1. The molecule has 1 aromatic carbocycles. The van der Waals surface area contributed by atoms with E-state index >= 15 is 0 Å². The van der Waals surface area contributed by atoms with Gasteiger partial charge in [0.15, 0.2) is 5.25 Å². The fraction of sp³-hybridized carbons (Fsp3) is 0.300. The lowest BCUT2D eigenvalue weighted by molar-refractivity contribution is 0.475. The lowest BCUT2D eigenvalue weighted by atomic mass is 10.3. The van der Waals surface area contributed by atoms with Crippen molar-refractivity contribution in [1.29, 1.82) is 5.26 Å². The number of nitrogens with one attached hydrogen (secondary N) is 1. The van der Waals surface area contributed by atoms with Crippen molar-refractivity contribution in [2.45, 2.75) is 18.6 Å². The summed E-state index contributed by atoms with van der Waals surface area (Å²) < 4.78 is 25.7. The summed E-state index contributed by atoms with van der Waals surface area (Å²) in [6, 6.07) is 5.55. The number of phenols is 1. The van der Waals surface area contributed by atoms with Crippen molar-refractivity contribution >= 4 is 27.3 Å². The molecule has 0 heterocycles. The summed E-state index contributed by atoms with van der Waals surface area (Å²) in [5.74, 6) is -0.0646. The van der Waals surface area contributed by atoms with Gasteiger partial charge < -0.3 is 5.11 Å². The van der Waals surface area contributed by atoms with Crippen LogP contribution in [0.2, 0.25) is 5.02 Å². The number of hydrogen-bond donors (Lipinski definition) is 2. The number of aromatic hydroxyl groups is 1. The van der Waals surface area contributed by atoms with Crippen LogP contribution in [0.15, 0.2) is 18.2 Å². The van der Waals surface area contributed by atoms with E-state index in [9.17, 15) is 8.42 Å². The Morgan fingerprint density at radius 3 is 2.71 bits per heavy atom. The summed E-state index contributed by atoms with van der Waals surface area (Å²) in [5, 5.41) is 16.8. The van der Waals surface area contributed by atoms with Crippen LogP contribution < -0.4 is 4.72 Å². The second-order valence-corrected chi connectivity index (χ2v) is 5.61. The van der Waals surface area contributed by atoms with Crippen molar-refractivity contribution in [3.05, 3.63) is 23.2 Å². The van der Waals surface area contributed by atoms with Crippen molar-refractivity contribution in [3.63, 3.8) is 0 Å². The van der Waals surface area contributed by atoms with Crippen LogP contribution >= 0.6 is 11.6 Å². The maximum Gasteiger partial charge on any atom is 0.249 e. The number of halogens is 1. The highest BCUT2D eigenvalue weighted by atomic mass is 35.5. The summed E-state index contributed by atoms with van der Waals surface area (Å²) >= 11 is 5.76. The Bertz CT molecular complexity index is 551. The van der Waals surface area contributed by atoms with Gasteiger partial charge in [-0.3, -0.25) is 4.72 Å². The van der Waals surface area contributed by atoms with Gasteiger partial charge in [0.2, 0.25) is 10.0 Å². The summed E-state index contributed by atoms with van der Waals surface area (Å²) in [7, 11) is -3.79. The molecule has 0 aliphatic rings. The van der Waals surface area contributed by atoms with Crippen molar-refractivity contribution in [3.8, 4) is 11.8 Å². The molecule has 1 aromatic rings. The first-order valence-electron chi connectivity index (χ1n) is 4.80. The third-order valence-electron chi connectivity index (χ3n) is 2.09. The fourth-order valence-corrected chi connectivity index (χ4v) is 2.67. The maximum atomic E-state index is 11.7. The van der Waals surface area contributed by atoms with Crippen LogP contribution in [0.4, 0.5) is 5.69 Å². The van der Waals surface area contributed by atoms with Gasteiger partial charge in [-0.05, 0) is 18.6 Å². The molecule has 7 heteroatoms. The van der Waals surface area contributed by atoms with Gasteiger partial charge in [0.1, 0.15) is 5.75 Å². The molecule has 5 nitrogen and oxygen atoms in total. The van der Waals surface area contributed by atoms with Crippen molar-refractivity contribution in [1.82, 2.24) is 0 Å². The number of nitriles is 1. The smallest absolute Gasteiger partial charge is 0.249 e. The Labute approximate surface area is 105 Å². The number of rotatable bonds is 4. The van der Waals surface area contributed by atoms with Gasteiger partial charge >= 0.3 is 0 Å². The van der Waals surface area contributed by atoms with Gasteiger partial charge in [0.25, 0.3) is 0 Å². The number of hydrogen-bond acceptors (Lipinski definition) is 4. The molecule has 0 fully saturated rings. The molecule has 2 N–H and O–H groups in total. The molecule has 0 bridgehead atoms. The van der Waals surface area contributed by atoms with E-state index in [0.717, 1.165) is 0 Å². The van der Waals surface area contributed by atoms with Gasteiger partial charge in [-0.1, -0.05) is 18.5 Å². The summed E-state index contributed by atoms with van der Waals surface area (Å²) in [5.41, 5.74) is 0.137. The first kappa shape index (κ1) is 13.6. The van der Waals surface area contributed by atoms with Gasteiger partial charge in [-0.2, -0.15) is 5.26 Å². The highest BCUT2D eigenvalue weighted by molar-refractivity contribution is 7.93. The Hall–Kier alpha value is -1.45. The van der Waals surface area contributed by atoms with E-state index in [0.29, 0.717) is 0 Å². The van der Waals surface area contributed by atoms with E-state index in [4.69, 9.17) is 22.0 Å². The third-order valence-corrected chi connectivity index (χ3v) is 4.10. The first-order chi connectivity index (χ1) is 7.90. The van der Waals surface area contributed by atoms with Crippen LogP contribution in [-0.2, 0) is 10.0 Å². The van der Waals surface area contributed by atoms with Gasteiger partial charge in [0, 0.05) is 6.07 Å². The van der Waals surface area contributed by atoms with Crippen LogP contribution in [0.25, 0.3) is 0 Å². The van der Waals surface area contributed by atoms with Crippen molar-refractivity contribution in [2.75, 3.05) is 4.72 Å². The fourth-order valence-electron chi connectivity index (χ4n) is 1.19. The normalized spacial score (nSPS) is 12.8. The minimum Gasteiger partial charge on any atom is -0.508 e. The molecule has 1 rings (SSSR count). The number of sulfonamides is 1. The number of nitrogens with zero attached hydrogens (tertiary/aromatic N) is 1.